The summed E-state index contributed by atoms with van der Waals surface area (Å²) < 4.78 is 5.79. The second-order valence-electron chi connectivity index (χ2n) is 6.34. The second kappa shape index (κ2) is 9.20. The lowest BCUT2D eigenvalue weighted by Crippen LogP contribution is -2.13. The molecular formula is C24H20N2O2. The zero-order valence-electron chi connectivity index (χ0n) is 15.6. The van der Waals surface area contributed by atoms with E-state index >= 15 is 0 Å². The van der Waals surface area contributed by atoms with Crippen LogP contribution in [0.4, 0.5) is 5.69 Å². The molecule has 0 aliphatic rings. The van der Waals surface area contributed by atoms with Crippen molar-refractivity contribution in [3.05, 3.63) is 101 Å². The third kappa shape index (κ3) is 5.33. The Labute approximate surface area is 164 Å². The number of hydrogen-bond donors (Lipinski definition) is 1. The van der Waals surface area contributed by atoms with E-state index in [1.54, 1.807) is 18.2 Å². The molecule has 1 N–H and O–H groups in total. The number of nitriles is 1. The number of anilines is 1. The number of para-hydroxylation sites is 1. The second-order valence-corrected chi connectivity index (χ2v) is 6.34. The average Bonchev–Trinajstić information content (AvgIpc) is 2.72. The molecule has 0 bridgehead atoms. The Morgan fingerprint density at radius 3 is 2.46 bits per heavy atom. The van der Waals surface area contributed by atoms with E-state index in [0.29, 0.717) is 12.3 Å². The van der Waals surface area contributed by atoms with Gasteiger partial charge in [0.2, 0.25) is 0 Å². The molecule has 0 saturated heterocycles. The topological polar surface area (TPSA) is 62.1 Å². The first-order chi connectivity index (χ1) is 13.6. The smallest absolute Gasteiger partial charge is 0.266 e. The highest BCUT2D eigenvalue weighted by molar-refractivity contribution is 6.09. The molecule has 3 aromatic carbocycles. The molecule has 0 heterocycles. The Morgan fingerprint density at radius 1 is 1.04 bits per heavy atom. The molecule has 1 amide bonds. The van der Waals surface area contributed by atoms with Crippen LogP contribution in [-0.4, -0.2) is 5.91 Å². The van der Waals surface area contributed by atoms with Crippen LogP contribution in [0.3, 0.4) is 0 Å². The molecule has 0 aromatic heterocycles. The van der Waals surface area contributed by atoms with Gasteiger partial charge in [-0.2, -0.15) is 5.26 Å². The van der Waals surface area contributed by atoms with E-state index in [-0.39, 0.29) is 5.57 Å². The molecular weight excluding hydrogens is 348 g/mol. The molecule has 3 rings (SSSR count). The number of ether oxygens (including phenoxy) is 1. The Balaban J connectivity index is 1.64. The van der Waals surface area contributed by atoms with Crippen LogP contribution >= 0.6 is 0 Å². The number of carbonyl (C=O) groups excluding carboxylic acids is 1. The lowest BCUT2D eigenvalue weighted by molar-refractivity contribution is -0.112. The standard InChI is InChI=1S/C24H20N2O2/c1-18-6-5-7-20(14-18)17-28-23-12-10-19(11-13-23)15-21(16-25)24(27)26-22-8-3-2-4-9-22/h2-15H,17H2,1H3,(H,26,27)/b21-15-. The van der Waals surface area contributed by atoms with Crippen molar-refractivity contribution in [3.63, 3.8) is 0 Å². The Bertz CT molecular complexity index is 1020. The van der Waals surface area contributed by atoms with Gasteiger partial charge in [-0.05, 0) is 48.4 Å². The van der Waals surface area contributed by atoms with Crippen LogP contribution in [0.2, 0.25) is 0 Å². The number of hydrogen-bond acceptors (Lipinski definition) is 3. The van der Waals surface area contributed by atoms with E-state index in [1.165, 1.54) is 5.56 Å². The van der Waals surface area contributed by atoms with Gasteiger partial charge in [0, 0.05) is 5.69 Å². The number of nitrogens with one attached hydrogen (secondary N) is 1. The minimum atomic E-state index is -0.437. The average molecular weight is 368 g/mol. The largest absolute Gasteiger partial charge is 0.489 e. The van der Waals surface area contributed by atoms with Crippen LogP contribution in [0.5, 0.6) is 5.75 Å². The Kier molecular flexibility index (Phi) is 6.22. The molecule has 0 unspecified atom stereocenters. The molecule has 0 aliphatic carbocycles. The molecule has 4 nitrogen and oxygen atoms in total. The van der Waals surface area contributed by atoms with Crippen LogP contribution in [-0.2, 0) is 11.4 Å². The zero-order valence-corrected chi connectivity index (χ0v) is 15.6. The Hall–Kier alpha value is -3.84. The van der Waals surface area contributed by atoms with Gasteiger partial charge in [-0.1, -0.05) is 60.2 Å². The first kappa shape index (κ1) is 18.9. The summed E-state index contributed by atoms with van der Waals surface area (Å²) >= 11 is 0. The molecule has 0 radical (unpaired) electrons. The predicted octanol–water partition coefficient (Wildman–Crippen LogP) is 5.12. The van der Waals surface area contributed by atoms with Gasteiger partial charge in [0.1, 0.15) is 24.0 Å². The van der Waals surface area contributed by atoms with Gasteiger partial charge in [0.05, 0.1) is 0 Å². The number of rotatable bonds is 6. The molecule has 138 valence electrons. The molecule has 28 heavy (non-hydrogen) atoms. The minimum Gasteiger partial charge on any atom is -0.489 e. The van der Waals surface area contributed by atoms with Crippen LogP contribution in [0.1, 0.15) is 16.7 Å². The fourth-order valence-electron chi connectivity index (χ4n) is 2.66. The first-order valence-electron chi connectivity index (χ1n) is 8.90. The number of benzene rings is 3. The maximum atomic E-state index is 12.3. The summed E-state index contributed by atoms with van der Waals surface area (Å²) in [5.74, 6) is 0.291. The monoisotopic (exact) mass is 368 g/mol. The van der Waals surface area contributed by atoms with E-state index in [1.807, 2.05) is 73.7 Å². The van der Waals surface area contributed by atoms with E-state index in [4.69, 9.17) is 4.74 Å². The van der Waals surface area contributed by atoms with Crippen molar-refractivity contribution in [2.24, 2.45) is 0 Å². The van der Waals surface area contributed by atoms with Crippen molar-refractivity contribution in [2.75, 3.05) is 5.32 Å². The molecule has 0 fully saturated rings. The molecule has 4 heteroatoms. The third-order valence-corrected chi connectivity index (χ3v) is 4.08. The highest BCUT2D eigenvalue weighted by atomic mass is 16.5. The van der Waals surface area contributed by atoms with E-state index in [0.717, 1.165) is 16.9 Å². The van der Waals surface area contributed by atoms with Gasteiger partial charge in [-0.25, -0.2) is 0 Å². The van der Waals surface area contributed by atoms with E-state index in [2.05, 4.69) is 11.4 Å². The van der Waals surface area contributed by atoms with Gasteiger partial charge in [-0.15, -0.1) is 0 Å². The van der Waals surface area contributed by atoms with Crippen molar-refractivity contribution < 1.29 is 9.53 Å². The number of carbonyl (C=O) groups is 1. The maximum Gasteiger partial charge on any atom is 0.266 e. The number of nitrogens with zero attached hydrogens (tertiary/aromatic N) is 1. The quantitative estimate of drug-likeness (QED) is 0.485. The van der Waals surface area contributed by atoms with Gasteiger partial charge >= 0.3 is 0 Å². The van der Waals surface area contributed by atoms with Crippen molar-refractivity contribution in [1.82, 2.24) is 0 Å². The zero-order chi connectivity index (χ0) is 19.8. The lowest BCUT2D eigenvalue weighted by Gasteiger charge is -2.07. The number of amides is 1. The maximum absolute atomic E-state index is 12.3. The highest BCUT2D eigenvalue weighted by Crippen LogP contribution is 2.17. The van der Waals surface area contributed by atoms with Crippen molar-refractivity contribution in [1.29, 1.82) is 5.26 Å². The molecule has 3 aromatic rings. The first-order valence-corrected chi connectivity index (χ1v) is 8.90. The predicted molar refractivity (Wildman–Crippen MR) is 111 cm³/mol. The summed E-state index contributed by atoms with van der Waals surface area (Å²) in [5, 5.41) is 12.0. The van der Waals surface area contributed by atoms with Gasteiger partial charge in [0.25, 0.3) is 5.91 Å². The molecule has 0 atom stereocenters. The summed E-state index contributed by atoms with van der Waals surface area (Å²) in [4.78, 5) is 12.3. The van der Waals surface area contributed by atoms with Crippen molar-refractivity contribution in [3.8, 4) is 11.8 Å². The Morgan fingerprint density at radius 2 is 1.79 bits per heavy atom. The third-order valence-electron chi connectivity index (χ3n) is 4.08. The SMILES string of the molecule is Cc1cccc(COc2ccc(/C=C(/C#N)C(=O)Nc3ccccc3)cc2)c1. The molecule has 0 spiro atoms. The number of aryl methyl sites for hydroxylation is 1. The van der Waals surface area contributed by atoms with Gasteiger partial charge in [0.15, 0.2) is 0 Å². The minimum absolute atomic E-state index is 0.0392. The summed E-state index contributed by atoms with van der Waals surface area (Å²) in [6, 6.07) is 26.4. The normalized spacial score (nSPS) is 10.8. The summed E-state index contributed by atoms with van der Waals surface area (Å²) in [6.45, 7) is 2.53. The molecule has 0 aliphatic heterocycles. The van der Waals surface area contributed by atoms with Gasteiger partial charge < -0.3 is 10.1 Å². The van der Waals surface area contributed by atoms with Gasteiger partial charge in [-0.3, -0.25) is 4.79 Å². The van der Waals surface area contributed by atoms with Crippen molar-refractivity contribution in [2.45, 2.75) is 13.5 Å². The lowest BCUT2D eigenvalue weighted by atomic mass is 10.1. The van der Waals surface area contributed by atoms with Crippen molar-refractivity contribution >= 4 is 17.7 Å². The fourth-order valence-corrected chi connectivity index (χ4v) is 2.66. The van der Waals surface area contributed by atoms with Crippen LogP contribution in [0.25, 0.3) is 6.08 Å². The van der Waals surface area contributed by atoms with E-state index in [9.17, 15) is 10.1 Å². The fraction of sp³-hybridized carbons (Fsp3) is 0.0833. The van der Waals surface area contributed by atoms with Crippen LogP contribution < -0.4 is 10.1 Å². The van der Waals surface area contributed by atoms with E-state index < -0.39 is 5.91 Å². The van der Waals surface area contributed by atoms with Crippen LogP contribution in [0.15, 0.2) is 84.4 Å². The van der Waals surface area contributed by atoms with Crippen LogP contribution in [0, 0.1) is 18.3 Å². The summed E-state index contributed by atoms with van der Waals surface area (Å²) in [6.07, 6.45) is 1.56. The summed E-state index contributed by atoms with van der Waals surface area (Å²) in [7, 11) is 0. The molecule has 0 saturated carbocycles. The highest BCUT2D eigenvalue weighted by Gasteiger charge is 2.09. The summed E-state index contributed by atoms with van der Waals surface area (Å²) in [5.41, 5.74) is 3.74.